The van der Waals surface area contributed by atoms with Crippen molar-refractivity contribution in [3.8, 4) is 0 Å². The topological polar surface area (TPSA) is 15.3 Å². The summed E-state index contributed by atoms with van der Waals surface area (Å²) < 4.78 is 0. The summed E-state index contributed by atoms with van der Waals surface area (Å²) in [5, 5.41) is 3.74. The standard InChI is InChI=1S/C17H34N2/c1-13(2)16-11-18-17(4,5)12-19(16)14(3)15-9-7-6-8-10-15/h13-16,18H,6-12H2,1-5H3. The van der Waals surface area contributed by atoms with E-state index in [1.165, 1.54) is 38.6 Å². The van der Waals surface area contributed by atoms with E-state index in [2.05, 4.69) is 44.8 Å². The number of nitrogens with zero attached hydrogens (tertiary/aromatic N) is 1. The van der Waals surface area contributed by atoms with Gasteiger partial charge < -0.3 is 5.32 Å². The van der Waals surface area contributed by atoms with Crippen molar-refractivity contribution < 1.29 is 0 Å². The maximum atomic E-state index is 3.74. The Morgan fingerprint density at radius 2 is 1.68 bits per heavy atom. The van der Waals surface area contributed by atoms with Gasteiger partial charge in [-0.25, -0.2) is 0 Å². The van der Waals surface area contributed by atoms with Crippen molar-refractivity contribution in [1.82, 2.24) is 10.2 Å². The normalized spacial score (nSPS) is 31.6. The minimum Gasteiger partial charge on any atom is -0.309 e. The first kappa shape index (κ1) is 15.3. The average Bonchev–Trinajstić information content (AvgIpc) is 2.37. The van der Waals surface area contributed by atoms with Crippen LogP contribution >= 0.6 is 0 Å². The Labute approximate surface area is 120 Å². The molecule has 0 amide bonds. The number of piperazine rings is 1. The third kappa shape index (κ3) is 3.72. The molecule has 1 heterocycles. The Morgan fingerprint density at radius 1 is 1.05 bits per heavy atom. The highest BCUT2D eigenvalue weighted by Gasteiger charge is 2.38. The molecule has 2 nitrogen and oxygen atoms in total. The average molecular weight is 266 g/mol. The Morgan fingerprint density at radius 3 is 2.26 bits per heavy atom. The molecular formula is C17H34N2. The number of hydrogen-bond acceptors (Lipinski definition) is 2. The molecule has 2 aliphatic rings. The van der Waals surface area contributed by atoms with Gasteiger partial charge >= 0.3 is 0 Å². The fraction of sp³-hybridized carbons (Fsp3) is 1.00. The van der Waals surface area contributed by atoms with Crippen LogP contribution in [0.3, 0.4) is 0 Å². The van der Waals surface area contributed by atoms with Crippen LogP contribution in [0.4, 0.5) is 0 Å². The van der Waals surface area contributed by atoms with E-state index in [4.69, 9.17) is 0 Å². The molecule has 0 radical (unpaired) electrons. The smallest absolute Gasteiger partial charge is 0.0253 e. The first-order valence-electron chi connectivity index (χ1n) is 8.41. The van der Waals surface area contributed by atoms with E-state index in [1.807, 2.05) is 0 Å². The minimum atomic E-state index is 0.272. The Bertz CT molecular complexity index is 279. The van der Waals surface area contributed by atoms with Gasteiger partial charge in [-0.1, -0.05) is 33.1 Å². The zero-order valence-electron chi connectivity index (χ0n) is 13.7. The molecule has 1 aliphatic heterocycles. The highest BCUT2D eigenvalue weighted by molar-refractivity contribution is 4.96. The maximum Gasteiger partial charge on any atom is 0.0253 e. The number of nitrogens with one attached hydrogen (secondary N) is 1. The van der Waals surface area contributed by atoms with Crippen LogP contribution in [0.5, 0.6) is 0 Å². The summed E-state index contributed by atoms with van der Waals surface area (Å²) in [5.74, 6) is 1.68. The summed E-state index contributed by atoms with van der Waals surface area (Å²) in [6, 6.07) is 1.47. The molecule has 0 aromatic heterocycles. The lowest BCUT2D eigenvalue weighted by atomic mass is 9.81. The molecule has 1 saturated heterocycles. The highest BCUT2D eigenvalue weighted by Crippen LogP contribution is 2.32. The van der Waals surface area contributed by atoms with Crippen LogP contribution in [-0.2, 0) is 0 Å². The third-order valence-electron chi connectivity index (χ3n) is 5.42. The van der Waals surface area contributed by atoms with Crippen molar-refractivity contribution in [2.45, 2.75) is 84.3 Å². The summed E-state index contributed by atoms with van der Waals surface area (Å²) in [6.07, 6.45) is 7.28. The van der Waals surface area contributed by atoms with Crippen LogP contribution in [-0.4, -0.2) is 35.6 Å². The second-order valence-electron chi connectivity index (χ2n) is 7.89. The molecule has 19 heavy (non-hydrogen) atoms. The molecule has 2 atom stereocenters. The van der Waals surface area contributed by atoms with Gasteiger partial charge in [-0.05, 0) is 45.4 Å². The lowest BCUT2D eigenvalue weighted by Crippen LogP contribution is -2.65. The largest absolute Gasteiger partial charge is 0.309 e. The van der Waals surface area contributed by atoms with E-state index >= 15 is 0 Å². The van der Waals surface area contributed by atoms with Crippen LogP contribution in [0, 0.1) is 11.8 Å². The summed E-state index contributed by atoms with van der Waals surface area (Å²) >= 11 is 0. The third-order valence-corrected chi connectivity index (χ3v) is 5.42. The Balaban J connectivity index is 2.07. The van der Waals surface area contributed by atoms with E-state index in [0.717, 1.165) is 24.4 Å². The van der Waals surface area contributed by atoms with Gasteiger partial charge in [0.05, 0.1) is 0 Å². The fourth-order valence-electron chi connectivity index (χ4n) is 4.08. The van der Waals surface area contributed by atoms with Gasteiger partial charge in [-0.3, -0.25) is 4.90 Å². The van der Waals surface area contributed by atoms with Crippen molar-refractivity contribution in [1.29, 1.82) is 0 Å². The summed E-state index contributed by atoms with van der Waals surface area (Å²) in [6.45, 7) is 14.3. The van der Waals surface area contributed by atoms with Crippen molar-refractivity contribution in [3.63, 3.8) is 0 Å². The Kier molecular flexibility index (Phi) is 4.94. The van der Waals surface area contributed by atoms with Gasteiger partial charge in [-0.15, -0.1) is 0 Å². The van der Waals surface area contributed by atoms with Crippen LogP contribution in [0.2, 0.25) is 0 Å². The monoisotopic (exact) mass is 266 g/mol. The first-order chi connectivity index (χ1) is 8.91. The molecule has 112 valence electrons. The molecule has 1 N–H and O–H groups in total. The molecule has 0 bridgehead atoms. The molecule has 0 spiro atoms. The second kappa shape index (κ2) is 6.13. The predicted octanol–water partition coefficient (Wildman–Crippen LogP) is 3.66. The first-order valence-corrected chi connectivity index (χ1v) is 8.41. The number of hydrogen-bond donors (Lipinski definition) is 1. The van der Waals surface area contributed by atoms with Gasteiger partial charge in [0.25, 0.3) is 0 Å². The van der Waals surface area contributed by atoms with Gasteiger partial charge in [0.1, 0.15) is 0 Å². The zero-order valence-corrected chi connectivity index (χ0v) is 13.7. The fourth-order valence-corrected chi connectivity index (χ4v) is 4.08. The predicted molar refractivity (Wildman–Crippen MR) is 83.5 cm³/mol. The summed E-state index contributed by atoms with van der Waals surface area (Å²) in [4.78, 5) is 2.83. The van der Waals surface area contributed by atoms with Crippen LogP contribution in [0.25, 0.3) is 0 Å². The highest BCUT2D eigenvalue weighted by atomic mass is 15.3. The summed E-state index contributed by atoms with van der Waals surface area (Å²) in [7, 11) is 0. The van der Waals surface area contributed by atoms with Crippen LogP contribution < -0.4 is 5.32 Å². The SMILES string of the molecule is CC(C)C1CNC(C)(C)CN1C(C)C1CCCCC1. The van der Waals surface area contributed by atoms with E-state index in [-0.39, 0.29) is 5.54 Å². The summed E-state index contributed by atoms with van der Waals surface area (Å²) in [5.41, 5.74) is 0.272. The van der Waals surface area contributed by atoms with E-state index in [9.17, 15) is 0 Å². The molecule has 2 rings (SSSR count). The Hall–Kier alpha value is -0.0800. The molecular weight excluding hydrogens is 232 g/mol. The van der Waals surface area contributed by atoms with Crippen molar-refractivity contribution in [3.05, 3.63) is 0 Å². The van der Waals surface area contributed by atoms with Gasteiger partial charge in [0, 0.05) is 30.7 Å². The molecule has 0 aromatic rings. The van der Waals surface area contributed by atoms with Gasteiger partial charge in [0.15, 0.2) is 0 Å². The van der Waals surface area contributed by atoms with Crippen molar-refractivity contribution in [2.75, 3.05) is 13.1 Å². The molecule has 1 aliphatic carbocycles. The van der Waals surface area contributed by atoms with E-state index in [0.29, 0.717) is 6.04 Å². The zero-order chi connectivity index (χ0) is 14.0. The second-order valence-corrected chi connectivity index (χ2v) is 7.89. The molecule has 2 unspecified atom stereocenters. The molecule has 2 fully saturated rings. The lowest BCUT2D eigenvalue weighted by molar-refractivity contribution is 0.00920. The van der Waals surface area contributed by atoms with E-state index in [1.54, 1.807) is 0 Å². The molecule has 1 saturated carbocycles. The van der Waals surface area contributed by atoms with Crippen LogP contribution in [0.1, 0.15) is 66.7 Å². The maximum absolute atomic E-state index is 3.74. The lowest BCUT2D eigenvalue weighted by Gasteiger charge is -2.51. The quantitative estimate of drug-likeness (QED) is 0.838. The van der Waals surface area contributed by atoms with Gasteiger partial charge in [0.2, 0.25) is 0 Å². The van der Waals surface area contributed by atoms with Gasteiger partial charge in [-0.2, -0.15) is 0 Å². The number of rotatable bonds is 3. The van der Waals surface area contributed by atoms with Crippen molar-refractivity contribution >= 4 is 0 Å². The van der Waals surface area contributed by atoms with Crippen molar-refractivity contribution in [2.24, 2.45) is 11.8 Å². The molecule has 0 aromatic carbocycles. The minimum absolute atomic E-state index is 0.272. The van der Waals surface area contributed by atoms with E-state index < -0.39 is 0 Å². The van der Waals surface area contributed by atoms with Crippen LogP contribution in [0.15, 0.2) is 0 Å². The molecule has 2 heteroatoms.